The lowest BCUT2D eigenvalue weighted by atomic mass is 9.98. The Balaban J connectivity index is 1.98. The van der Waals surface area contributed by atoms with E-state index in [9.17, 15) is 26.7 Å². The van der Waals surface area contributed by atoms with Gasteiger partial charge in [0, 0.05) is 31.0 Å². The van der Waals surface area contributed by atoms with Crippen LogP contribution in [0.25, 0.3) is 17.0 Å². The Kier molecular flexibility index (Phi) is 8.71. The van der Waals surface area contributed by atoms with Gasteiger partial charge in [-0.05, 0) is 46.9 Å². The molecule has 0 saturated heterocycles. The minimum Gasteiger partial charge on any atom is -0.394 e. The smallest absolute Gasteiger partial charge is 0.394 e. The van der Waals surface area contributed by atoms with Crippen LogP contribution in [0, 0.1) is 5.92 Å². The van der Waals surface area contributed by atoms with Gasteiger partial charge in [-0.1, -0.05) is 32.0 Å². The molecule has 3 aromatic rings. The van der Waals surface area contributed by atoms with Crippen LogP contribution in [0.2, 0.25) is 0 Å². The molecule has 1 amide bonds. The molecule has 0 spiro atoms. The van der Waals surface area contributed by atoms with Crippen molar-refractivity contribution in [2.45, 2.75) is 46.3 Å². The standard InChI is InChI=1S/C27H29F5N4O2/c1-16(2)22(25(33-9-10-37)34-17(3)38)12-18-5-8-24-20(11-18)15-36(35-24)14-19-6-7-21(26(4,28)29)13-23(19)27(30,31)32/h5-8,11-13,15-16,37H,9-10,14H2,1-4H3,(H,33,34,38)/b22-12+. The maximum Gasteiger partial charge on any atom is 0.416 e. The third-order valence-corrected chi connectivity index (χ3v) is 5.71. The molecule has 1 heterocycles. The minimum absolute atomic E-state index is 0.0306. The van der Waals surface area contributed by atoms with Gasteiger partial charge >= 0.3 is 6.18 Å². The number of aliphatic hydroxyl groups is 1. The number of alkyl halides is 5. The van der Waals surface area contributed by atoms with E-state index in [2.05, 4.69) is 15.4 Å². The van der Waals surface area contributed by atoms with Crippen molar-refractivity contribution in [1.29, 1.82) is 0 Å². The summed E-state index contributed by atoms with van der Waals surface area (Å²) in [6.07, 6.45) is -1.39. The third-order valence-electron chi connectivity index (χ3n) is 5.71. The molecule has 0 radical (unpaired) electrons. The van der Waals surface area contributed by atoms with Crippen LogP contribution in [0.4, 0.5) is 22.0 Å². The highest BCUT2D eigenvalue weighted by Gasteiger charge is 2.36. The third kappa shape index (κ3) is 7.25. The van der Waals surface area contributed by atoms with E-state index in [1.54, 1.807) is 24.4 Å². The van der Waals surface area contributed by atoms with Gasteiger partial charge in [0.25, 0.3) is 5.92 Å². The molecule has 0 aliphatic rings. The van der Waals surface area contributed by atoms with E-state index in [1.165, 1.54) is 11.6 Å². The van der Waals surface area contributed by atoms with E-state index < -0.39 is 23.2 Å². The molecule has 3 rings (SSSR count). The summed E-state index contributed by atoms with van der Waals surface area (Å²) in [5.74, 6) is -3.39. The molecule has 38 heavy (non-hydrogen) atoms. The number of rotatable bonds is 8. The SMILES string of the molecule is CC(=O)NC(=NCCO)/C(=C/c1ccc2nn(Cc3ccc(C(C)(F)F)cc3C(F)(F)F)cc2c1)C(C)C. The lowest BCUT2D eigenvalue weighted by Crippen LogP contribution is -2.31. The second kappa shape index (κ2) is 11.4. The zero-order valence-electron chi connectivity index (χ0n) is 21.4. The molecule has 11 heteroatoms. The number of nitrogens with zero attached hydrogens (tertiary/aromatic N) is 3. The predicted molar refractivity (Wildman–Crippen MR) is 136 cm³/mol. The predicted octanol–water partition coefficient (Wildman–Crippen LogP) is 5.78. The monoisotopic (exact) mass is 536 g/mol. The van der Waals surface area contributed by atoms with Crippen LogP contribution in [0.5, 0.6) is 0 Å². The van der Waals surface area contributed by atoms with Crippen molar-refractivity contribution < 1.29 is 31.9 Å². The Labute approximate surface area is 216 Å². The molecule has 1 aromatic heterocycles. The topological polar surface area (TPSA) is 79.5 Å². The lowest BCUT2D eigenvalue weighted by Gasteiger charge is -2.17. The quantitative estimate of drug-likeness (QED) is 0.218. The Morgan fingerprint density at radius 2 is 1.87 bits per heavy atom. The number of aliphatic hydroxyl groups excluding tert-OH is 1. The number of carbonyl (C=O) groups excluding carboxylic acids is 1. The molecule has 0 saturated carbocycles. The highest BCUT2D eigenvalue weighted by molar-refractivity contribution is 6.10. The fourth-order valence-electron chi connectivity index (χ4n) is 3.91. The summed E-state index contributed by atoms with van der Waals surface area (Å²) in [4.78, 5) is 16.0. The van der Waals surface area contributed by atoms with Crippen LogP contribution in [-0.2, 0) is 23.4 Å². The van der Waals surface area contributed by atoms with Crippen molar-refractivity contribution >= 4 is 28.7 Å². The number of aromatic nitrogens is 2. The molecule has 6 nitrogen and oxygen atoms in total. The second-order valence-corrected chi connectivity index (χ2v) is 9.29. The van der Waals surface area contributed by atoms with Gasteiger partial charge in [0.15, 0.2) is 0 Å². The van der Waals surface area contributed by atoms with Crippen LogP contribution in [-0.4, -0.2) is 39.8 Å². The number of halogens is 5. The van der Waals surface area contributed by atoms with Crippen molar-refractivity contribution in [1.82, 2.24) is 15.1 Å². The Hall–Kier alpha value is -3.60. The summed E-state index contributed by atoms with van der Waals surface area (Å²) in [6.45, 7) is 5.44. The van der Waals surface area contributed by atoms with Crippen molar-refractivity contribution in [3.63, 3.8) is 0 Å². The molecule has 2 N–H and O–H groups in total. The van der Waals surface area contributed by atoms with E-state index in [1.807, 2.05) is 19.9 Å². The molecule has 0 bridgehead atoms. The van der Waals surface area contributed by atoms with Crippen LogP contribution in [0.3, 0.4) is 0 Å². The number of carbonyl (C=O) groups is 1. The van der Waals surface area contributed by atoms with Crippen molar-refractivity contribution in [3.8, 4) is 0 Å². The number of hydrogen-bond acceptors (Lipinski definition) is 4. The average molecular weight is 537 g/mol. The summed E-state index contributed by atoms with van der Waals surface area (Å²) >= 11 is 0. The summed E-state index contributed by atoms with van der Waals surface area (Å²) in [5, 5.41) is 16.8. The Morgan fingerprint density at radius 1 is 1.16 bits per heavy atom. The molecular weight excluding hydrogens is 507 g/mol. The van der Waals surface area contributed by atoms with E-state index >= 15 is 0 Å². The normalized spacial score (nSPS) is 13.4. The first-order valence-corrected chi connectivity index (χ1v) is 11.9. The van der Waals surface area contributed by atoms with Crippen molar-refractivity contribution in [2.24, 2.45) is 10.9 Å². The van der Waals surface area contributed by atoms with E-state index in [0.717, 1.165) is 23.3 Å². The molecule has 0 unspecified atom stereocenters. The number of nitrogens with one attached hydrogen (secondary N) is 1. The van der Waals surface area contributed by atoms with E-state index in [-0.39, 0.29) is 37.1 Å². The minimum atomic E-state index is -4.81. The zero-order valence-corrected chi connectivity index (χ0v) is 21.4. The molecule has 2 aromatic carbocycles. The molecule has 0 aliphatic carbocycles. The van der Waals surface area contributed by atoms with Crippen LogP contribution in [0.15, 0.2) is 53.2 Å². The van der Waals surface area contributed by atoms with Gasteiger partial charge in [-0.3, -0.25) is 14.5 Å². The van der Waals surface area contributed by atoms with Gasteiger partial charge in [0.05, 0.1) is 30.8 Å². The summed E-state index contributed by atoms with van der Waals surface area (Å²) < 4.78 is 69.6. The first-order chi connectivity index (χ1) is 17.7. The highest BCUT2D eigenvalue weighted by atomic mass is 19.4. The lowest BCUT2D eigenvalue weighted by molar-refractivity contribution is -0.138. The zero-order chi connectivity index (χ0) is 28.3. The van der Waals surface area contributed by atoms with Gasteiger partial charge in [0.1, 0.15) is 5.84 Å². The van der Waals surface area contributed by atoms with Gasteiger partial charge in [0.2, 0.25) is 5.91 Å². The Bertz CT molecular complexity index is 1370. The van der Waals surface area contributed by atoms with Gasteiger partial charge in [-0.2, -0.15) is 18.3 Å². The number of amidine groups is 1. The van der Waals surface area contributed by atoms with Gasteiger partial charge in [-0.15, -0.1) is 0 Å². The van der Waals surface area contributed by atoms with Crippen LogP contribution >= 0.6 is 0 Å². The van der Waals surface area contributed by atoms with E-state index in [0.29, 0.717) is 29.7 Å². The fraction of sp³-hybridized carbons (Fsp3) is 0.370. The molecule has 0 fully saturated rings. The first kappa shape index (κ1) is 29.0. The molecule has 0 atom stereocenters. The highest BCUT2D eigenvalue weighted by Crippen LogP contribution is 2.37. The largest absolute Gasteiger partial charge is 0.416 e. The van der Waals surface area contributed by atoms with Crippen molar-refractivity contribution in [3.05, 3.63) is 70.4 Å². The van der Waals surface area contributed by atoms with Crippen LogP contribution < -0.4 is 5.32 Å². The first-order valence-electron chi connectivity index (χ1n) is 11.9. The van der Waals surface area contributed by atoms with Crippen molar-refractivity contribution in [2.75, 3.05) is 13.2 Å². The van der Waals surface area contributed by atoms with Gasteiger partial charge < -0.3 is 10.4 Å². The molecule has 204 valence electrons. The fourth-order valence-corrected chi connectivity index (χ4v) is 3.91. The maximum absolute atomic E-state index is 13.7. The summed E-state index contributed by atoms with van der Waals surface area (Å²) in [6, 6.07) is 7.82. The number of fused-ring (bicyclic) bond motifs is 1. The van der Waals surface area contributed by atoms with Crippen LogP contribution in [0.1, 0.15) is 49.9 Å². The number of hydrogen-bond donors (Lipinski definition) is 2. The summed E-state index contributed by atoms with van der Waals surface area (Å²) in [5.41, 5.74) is -0.0156. The maximum atomic E-state index is 13.7. The number of benzene rings is 2. The van der Waals surface area contributed by atoms with Gasteiger partial charge in [-0.25, -0.2) is 8.78 Å². The number of amides is 1. The summed E-state index contributed by atoms with van der Waals surface area (Å²) in [7, 11) is 0. The molecule has 0 aliphatic heterocycles. The molecular formula is C27H29F5N4O2. The Morgan fingerprint density at radius 3 is 2.45 bits per heavy atom. The van der Waals surface area contributed by atoms with E-state index in [4.69, 9.17) is 5.11 Å². The number of aliphatic imine (C=N–C) groups is 1. The average Bonchev–Trinajstić information content (AvgIpc) is 3.20. The second-order valence-electron chi connectivity index (χ2n) is 9.29.